The average molecular weight is 246 g/mol. The van der Waals surface area contributed by atoms with Crippen molar-refractivity contribution in [3.63, 3.8) is 0 Å². The number of nitrogens with zero attached hydrogens (tertiary/aromatic N) is 1. The molecule has 0 unspecified atom stereocenters. The zero-order valence-corrected chi connectivity index (χ0v) is 10.1. The Morgan fingerprint density at radius 2 is 2.00 bits per heavy atom. The van der Waals surface area contributed by atoms with Crippen LogP contribution in [0.15, 0.2) is 18.2 Å². The molecule has 0 heterocycles. The maximum atomic E-state index is 13.2. The van der Waals surface area contributed by atoms with Crippen molar-refractivity contribution < 1.29 is 12.8 Å². The normalized spacial score (nSPS) is 11.5. The predicted octanol–water partition coefficient (Wildman–Crippen LogP) is 1.07. The third-order valence-electron chi connectivity index (χ3n) is 2.32. The molecule has 0 bridgehead atoms. The van der Waals surface area contributed by atoms with E-state index in [9.17, 15) is 12.8 Å². The van der Waals surface area contributed by atoms with Crippen LogP contribution in [0.2, 0.25) is 0 Å². The summed E-state index contributed by atoms with van der Waals surface area (Å²) < 4.78 is 37.4. The van der Waals surface area contributed by atoms with Crippen LogP contribution in [0.4, 0.5) is 10.1 Å². The summed E-state index contributed by atoms with van der Waals surface area (Å²) in [5, 5.41) is 0. The Balaban J connectivity index is 3.18. The Hall–Kier alpha value is -1.14. The van der Waals surface area contributed by atoms with Gasteiger partial charge in [-0.05, 0) is 30.7 Å². The summed E-state index contributed by atoms with van der Waals surface area (Å²) in [4.78, 5) is 0. The molecule has 0 aliphatic carbocycles. The van der Waals surface area contributed by atoms with Crippen molar-refractivity contribution in [3.8, 4) is 0 Å². The van der Waals surface area contributed by atoms with E-state index in [1.165, 1.54) is 26.1 Å². The van der Waals surface area contributed by atoms with Gasteiger partial charge < -0.3 is 5.73 Å². The van der Waals surface area contributed by atoms with Crippen molar-refractivity contribution >= 4 is 15.7 Å². The van der Waals surface area contributed by atoms with E-state index in [0.29, 0.717) is 11.3 Å². The van der Waals surface area contributed by atoms with E-state index >= 15 is 0 Å². The van der Waals surface area contributed by atoms with Crippen LogP contribution in [0.1, 0.15) is 12.5 Å². The highest BCUT2D eigenvalue weighted by Crippen LogP contribution is 2.20. The summed E-state index contributed by atoms with van der Waals surface area (Å²) in [7, 11) is -1.97. The molecular formula is C10H15FN2O2S. The molecule has 1 rings (SSSR count). The van der Waals surface area contributed by atoms with Crippen molar-refractivity contribution in [2.24, 2.45) is 5.73 Å². The van der Waals surface area contributed by atoms with Crippen LogP contribution >= 0.6 is 0 Å². The number of nitrogens with two attached hydrogens (primary N) is 1. The first-order valence-electron chi connectivity index (χ1n) is 4.87. The number of benzene rings is 1. The number of halogens is 1. The van der Waals surface area contributed by atoms with Gasteiger partial charge in [0.1, 0.15) is 5.82 Å². The molecule has 0 saturated carbocycles. The molecular weight excluding hydrogens is 231 g/mol. The van der Waals surface area contributed by atoms with E-state index in [-0.39, 0.29) is 12.3 Å². The minimum atomic E-state index is -3.37. The lowest BCUT2D eigenvalue weighted by Gasteiger charge is -2.19. The van der Waals surface area contributed by atoms with E-state index in [2.05, 4.69) is 0 Å². The van der Waals surface area contributed by atoms with Gasteiger partial charge in [0.05, 0.1) is 11.4 Å². The van der Waals surface area contributed by atoms with E-state index in [0.717, 1.165) is 4.31 Å². The molecule has 0 spiro atoms. The fourth-order valence-corrected chi connectivity index (χ4v) is 2.10. The topological polar surface area (TPSA) is 63.4 Å². The molecule has 16 heavy (non-hydrogen) atoms. The number of hydrogen-bond donors (Lipinski definition) is 1. The zero-order chi connectivity index (χ0) is 12.3. The summed E-state index contributed by atoms with van der Waals surface area (Å²) in [6, 6.07) is 4.03. The first-order chi connectivity index (χ1) is 7.40. The van der Waals surface area contributed by atoms with Crippen LogP contribution < -0.4 is 10.0 Å². The maximum absolute atomic E-state index is 13.2. The summed E-state index contributed by atoms with van der Waals surface area (Å²) in [5.41, 5.74) is 6.25. The first-order valence-corrected chi connectivity index (χ1v) is 6.47. The van der Waals surface area contributed by atoms with Gasteiger partial charge in [0.15, 0.2) is 0 Å². The Labute approximate surface area is 94.9 Å². The lowest BCUT2D eigenvalue weighted by Crippen LogP contribution is -2.28. The molecule has 0 radical (unpaired) electrons. The minimum absolute atomic E-state index is 0.0298. The van der Waals surface area contributed by atoms with Gasteiger partial charge in [0, 0.05) is 13.6 Å². The Bertz CT molecular complexity index is 474. The highest BCUT2D eigenvalue weighted by molar-refractivity contribution is 7.92. The van der Waals surface area contributed by atoms with Crippen LogP contribution in [0.25, 0.3) is 0 Å². The number of hydrogen-bond acceptors (Lipinski definition) is 3. The van der Waals surface area contributed by atoms with E-state index in [4.69, 9.17) is 5.73 Å². The van der Waals surface area contributed by atoms with Crippen LogP contribution in [-0.2, 0) is 16.6 Å². The van der Waals surface area contributed by atoms with Gasteiger partial charge in [-0.25, -0.2) is 12.8 Å². The van der Waals surface area contributed by atoms with E-state index < -0.39 is 15.8 Å². The number of sulfonamides is 1. The Kier molecular flexibility index (Phi) is 3.88. The molecule has 1 aromatic rings. The first kappa shape index (κ1) is 12.9. The molecule has 4 nitrogen and oxygen atoms in total. The van der Waals surface area contributed by atoms with Crippen LogP contribution in [0.3, 0.4) is 0 Å². The smallest absolute Gasteiger partial charge is 0.234 e. The number of rotatable bonds is 4. The number of anilines is 1. The summed E-state index contributed by atoms with van der Waals surface area (Å²) in [5.74, 6) is -0.520. The largest absolute Gasteiger partial charge is 0.326 e. The van der Waals surface area contributed by atoms with Crippen LogP contribution in [-0.4, -0.2) is 21.2 Å². The van der Waals surface area contributed by atoms with Crippen LogP contribution in [0, 0.1) is 5.82 Å². The Morgan fingerprint density at radius 3 is 2.50 bits per heavy atom. The molecule has 0 atom stereocenters. The molecule has 0 fully saturated rings. The molecule has 0 saturated heterocycles. The van der Waals surface area contributed by atoms with Gasteiger partial charge >= 0.3 is 0 Å². The third-order valence-corrected chi connectivity index (χ3v) is 4.10. The fourth-order valence-electron chi connectivity index (χ4n) is 1.29. The highest BCUT2D eigenvalue weighted by Gasteiger charge is 2.16. The van der Waals surface area contributed by atoms with Crippen molar-refractivity contribution in [1.29, 1.82) is 0 Å². The van der Waals surface area contributed by atoms with E-state index in [1.807, 2.05) is 0 Å². The highest BCUT2D eigenvalue weighted by atomic mass is 32.2. The molecule has 0 aliphatic heterocycles. The van der Waals surface area contributed by atoms with Gasteiger partial charge in [-0.3, -0.25) is 4.31 Å². The second kappa shape index (κ2) is 4.80. The lowest BCUT2D eigenvalue weighted by molar-refractivity contribution is 0.595. The van der Waals surface area contributed by atoms with Crippen molar-refractivity contribution in [1.82, 2.24) is 0 Å². The molecule has 6 heteroatoms. The molecule has 0 amide bonds. The third kappa shape index (κ3) is 2.70. The molecule has 1 aromatic carbocycles. The van der Waals surface area contributed by atoms with Gasteiger partial charge in [0.2, 0.25) is 10.0 Å². The summed E-state index contributed by atoms with van der Waals surface area (Å²) in [6.45, 7) is 1.71. The molecule has 2 N–H and O–H groups in total. The molecule has 0 aromatic heterocycles. The average Bonchev–Trinajstić information content (AvgIpc) is 2.27. The lowest BCUT2D eigenvalue weighted by atomic mass is 10.2. The molecule has 90 valence electrons. The van der Waals surface area contributed by atoms with Gasteiger partial charge in [-0.1, -0.05) is 0 Å². The standard InChI is InChI=1S/C10H15FN2O2S/c1-3-16(14,15)13(2)10-5-8(7-12)4-9(11)6-10/h4-6H,3,7,12H2,1-2H3. The van der Waals surface area contributed by atoms with Crippen molar-refractivity contribution in [2.45, 2.75) is 13.5 Å². The van der Waals surface area contributed by atoms with Crippen LogP contribution in [0.5, 0.6) is 0 Å². The summed E-state index contributed by atoms with van der Waals surface area (Å²) >= 11 is 0. The maximum Gasteiger partial charge on any atom is 0.234 e. The SMILES string of the molecule is CCS(=O)(=O)N(C)c1cc(F)cc(CN)c1. The molecule has 0 aliphatic rings. The summed E-state index contributed by atoms with van der Waals surface area (Å²) in [6.07, 6.45) is 0. The van der Waals surface area contributed by atoms with Gasteiger partial charge in [0.25, 0.3) is 0 Å². The fraction of sp³-hybridized carbons (Fsp3) is 0.400. The van der Waals surface area contributed by atoms with Gasteiger partial charge in [-0.2, -0.15) is 0 Å². The predicted molar refractivity (Wildman–Crippen MR) is 62.2 cm³/mol. The van der Waals surface area contributed by atoms with Gasteiger partial charge in [-0.15, -0.1) is 0 Å². The minimum Gasteiger partial charge on any atom is -0.326 e. The van der Waals surface area contributed by atoms with E-state index in [1.54, 1.807) is 6.07 Å². The second-order valence-corrected chi connectivity index (χ2v) is 5.68. The quantitative estimate of drug-likeness (QED) is 0.864. The Morgan fingerprint density at radius 1 is 1.38 bits per heavy atom. The zero-order valence-electron chi connectivity index (χ0n) is 9.27. The monoisotopic (exact) mass is 246 g/mol. The van der Waals surface area contributed by atoms with Crippen molar-refractivity contribution in [2.75, 3.05) is 17.1 Å². The van der Waals surface area contributed by atoms with Crippen molar-refractivity contribution in [3.05, 3.63) is 29.6 Å². The second-order valence-electron chi connectivity index (χ2n) is 3.39.